The molecule has 1 aliphatic rings. The van der Waals surface area contributed by atoms with E-state index in [0.29, 0.717) is 22.0 Å². The van der Waals surface area contributed by atoms with E-state index in [2.05, 4.69) is 15.3 Å². The maximum Gasteiger partial charge on any atom is 0.257 e. The van der Waals surface area contributed by atoms with Gasteiger partial charge in [0.25, 0.3) is 5.56 Å². The zero-order valence-corrected chi connectivity index (χ0v) is 18.0. The number of hydrogen-bond acceptors (Lipinski definition) is 5. The number of thioether (sulfide) groups is 1. The first-order valence-corrected chi connectivity index (χ1v) is 11.0. The zero-order valence-electron chi connectivity index (χ0n) is 17.1. The van der Waals surface area contributed by atoms with E-state index < -0.39 is 5.92 Å². The molecule has 31 heavy (non-hydrogen) atoms. The van der Waals surface area contributed by atoms with Crippen LogP contribution in [0.3, 0.4) is 0 Å². The highest BCUT2D eigenvalue weighted by atomic mass is 32.2. The number of carbonyl (C=O) groups is 1. The van der Waals surface area contributed by atoms with Crippen molar-refractivity contribution >= 4 is 23.5 Å². The Morgan fingerprint density at radius 1 is 1.16 bits per heavy atom. The number of H-pyrrole nitrogens is 1. The molecule has 160 valence electrons. The van der Waals surface area contributed by atoms with Crippen molar-refractivity contribution in [3.8, 4) is 5.75 Å². The molecule has 1 aliphatic heterocycles. The molecule has 1 aromatic heterocycles. The molecule has 4 rings (SSSR count). The number of ether oxygens (including phenoxy) is 1. The van der Waals surface area contributed by atoms with Gasteiger partial charge >= 0.3 is 0 Å². The molecule has 6 nitrogen and oxygen atoms in total. The Kier molecular flexibility index (Phi) is 6.08. The summed E-state index contributed by atoms with van der Waals surface area (Å²) in [7, 11) is 0. The molecule has 0 aliphatic carbocycles. The van der Waals surface area contributed by atoms with E-state index in [1.807, 2.05) is 38.1 Å². The molecule has 3 aromatic rings. The van der Waals surface area contributed by atoms with Gasteiger partial charge in [0.2, 0.25) is 5.91 Å². The van der Waals surface area contributed by atoms with Crippen molar-refractivity contribution in [1.82, 2.24) is 9.97 Å². The van der Waals surface area contributed by atoms with Crippen molar-refractivity contribution in [1.29, 1.82) is 0 Å². The van der Waals surface area contributed by atoms with Gasteiger partial charge < -0.3 is 15.0 Å². The molecule has 2 N–H and O–H groups in total. The Balaban J connectivity index is 1.61. The number of amides is 1. The van der Waals surface area contributed by atoms with Crippen molar-refractivity contribution in [2.24, 2.45) is 0 Å². The molecule has 1 amide bonds. The number of anilines is 1. The average molecular weight is 440 g/mol. The Labute approximate surface area is 183 Å². The van der Waals surface area contributed by atoms with Crippen LogP contribution in [0.1, 0.15) is 42.9 Å². The molecule has 8 heteroatoms. The fraction of sp³-hybridized carbons (Fsp3) is 0.261. The lowest BCUT2D eigenvalue weighted by molar-refractivity contribution is -0.116. The summed E-state index contributed by atoms with van der Waals surface area (Å²) in [5, 5.41) is 3.03. The molecular weight excluding hydrogens is 417 g/mol. The second kappa shape index (κ2) is 8.93. The Morgan fingerprint density at radius 2 is 1.90 bits per heavy atom. The molecular formula is C23H22FN3O3S. The molecule has 0 spiro atoms. The highest BCUT2D eigenvalue weighted by Crippen LogP contribution is 2.35. The van der Waals surface area contributed by atoms with Gasteiger partial charge in [-0.3, -0.25) is 9.59 Å². The van der Waals surface area contributed by atoms with Crippen molar-refractivity contribution in [2.45, 2.75) is 43.2 Å². The summed E-state index contributed by atoms with van der Waals surface area (Å²) in [6.07, 6.45) is 0.212. The van der Waals surface area contributed by atoms with Crippen LogP contribution < -0.4 is 15.6 Å². The Hall–Kier alpha value is -3.13. The van der Waals surface area contributed by atoms with Crippen LogP contribution in [0.15, 0.2) is 58.5 Å². The zero-order chi connectivity index (χ0) is 22.0. The van der Waals surface area contributed by atoms with Gasteiger partial charge in [0.05, 0.1) is 11.7 Å². The minimum Gasteiger partial charge on any atom is -0.491 e. The van der Waals surface area contributed by atoms with Crippen LogP contribution in [0.5, 0.6) is 5.75 Å². The van der Waals surface area contributed by atoms with Crippen molar-refractivity contribution in [3.05, 3.63) is 81.4 Å². The summed E-state index contributed by atoms with van der Waals surface area (Å²) >= 11 is 1.21. The van der Waals surface area contributed by atoms with Gasteiger partial charge in [-0.15, -0.1) is 0 Å². The molecule has 0 fully saturated rings. The Bertz CT molecular complexity index is 1160. The highest BCUT2D eigenvalue weighted by molar-refractivity contribution is 7.98. The lowest BCUT2D eigenvalue weighted by atomic mass is 9.87. The second-order valence-electron chi connectivity index (χ2n) is 7.55. The van der Waals surface area contributed by atoms with Gasteiger partial charge in [0.1, 0.15) is 17.4 Å². The molecule has 0 radical (unpaired) electrons. The minimum absolute atomic E-state index is 0.0550. The van der Waals surface area contributed by atoms with Crippen LogP contribution in [-0.2, 0) is 10.5 Å². The van der Waals surface area contributed by atoms with Crippen LogP contribution in [0.2, 0.25) is 0 Å². The fourth-order valence-electron chi connectivity index (χ4n) is 3.52. The van der Waals surface area contributed by atoms with Crippen molar-refractivity contribution in [2.75, 3.05) is 5.32 Å². The number of rotatable bonds is 6. The molecule has 0 saturated heterocycles. The van der Waals surface area contributed by atoms with Gasteiger partial charge in [-0.2, -0.15) is 0 Å². The summed E-state index contributed by atoms with van der Waals surface area (Å²) in [5.41, 5.74) is 1.46. The first-order valence-electron chi connectivity index (χ1n) is 9.97. The van der Waals surface area contributed by atoms with E-state index in [9.17, 15) is 14.0 Å². The highest BCUT2D eigenvalue weighted by Gasteiger charge is 2.31. The van der Waals surface area contributed by atoms with Gasteiger partial charge in [0, 0.05) is 18.1 Å². The van der Waals surface area contributed by atoms with Crippen molar-refractivity contribution < 1.29 is 13.9 Å². The maximum absolute atomic E-state index is 13.9. The van der Waals surface area contributed by atoms with Crippen LogP contribution in [-0.4, -0.2) is 22.0 Å². The molecule has 0 bridgehead atoms. The topological polar surface area (TPSA) is 84.1 Å². The average Bonchev–Trinajstić information content (AvgIpc) is 2.72. The van der Waals surface area contributed by atoms with Crippen molar-refractivity contribution in [3.63, 3.8) is 0 Å². The summed E-state index contributed by atoms with van der Waals surface area (Å²) in [5.74, 6) is 0.369. The first kappa shape index (κ1) is 21.1. The SMILES string of the molecule is CC(C)Oc1ccc(C2CC(=O)Nc3nc(SCc4ccccc4F)[nH]c(=O)c32)cc1. The molecule has 2 heterocycles. The molecule has 1 unspecified atom stereocenters. The number of hydrogen-bond donors (Lipinski definition) is 2. The molecule has 0 saturated carbocycles. The fourth-order valence-corrected chi connectivity index (χ4v) is 4.36. The predicted molar refractivity (Wildman–Crippen MR) is 118 cm³/mol. The molecule has 2 aromatic carbocycles. The van der Waals surface area contributed by atoms with E-state index >= 15 is 0 Å². The number of carbonyl (C=O) groups excluding carboxylic acids is 1. The summed E-state index contributed by atoms with van der Waals surface area (Å²) < 4.78 is 19.5. The third-order valence-electron chi connectivity index (χ3n) is 4.91. The van der Waals surface area contributed by atoms with Gasteiger partial charge in [0.15, 0.2) is 5.16 Å². The van der Waals surface area contributed by atoms with E-state index in [1.165, 1.54) is 17.8 Å². The van der Waals surface area contributed by atoms with E-state index in [4.69, 9.17) is 4.74 Å². The third-order valence-corrected chi connectivity index (χ3v) is 5.83. The number of benzene rings is 2. The largest absolute Gasteiger partial charge is 0.491 e. The van der Waals surface area contributed by atoms with Gasteiger partial charge in [-0.25, -0.2) is 9.37 Å². The van der Waals surface area contributed by atoms with Gasteiger partial charge in [-0.05, 0) is 43.2 Å². The number of nitrogens with one attached hydrogen (secondary N) is 2. The van der Waals surface area contributed by atoms with Crippen LogP contribution in [0, 0.1) is 5.82 Å². The number of aromatic nitrogens is 2. The summed E-state index contributed by atoms with van der Waals surface area (Å²) in [4.78, 5) is 32.4. The van der Waals surface area contributed by atoms with Crippen LogP contribution >= 0.6 is 11.8 Å². The number of aromatic amines is 1. The van der Waals surface area contributed by atoms with Crippen LogP contribution in [0.4, 0.5) is 10.2 Å². The number of nitrogens with zero attached hydrogens (tertiary/aromatic N) is 1. The minimum atomic E-state index is -0.404. The third kappa shape index (κ3) is 4.80. The number of fused-ring (bicyclic) bond motifs is 1. The number of halogens is 1. The van der Waals surface area contributed by atoms with Crippen LogP contribution in [0.25, 0.3) is 0 Å². The predicted octanol–water partition coefficient (Wildman–Crippen LogP) is 4.46. The molecule has 1 atom stereocenters. The maximum atomic E-state index is 13.9. The van der Waals surface area contributed by atoms with E-state index in [-0.39, 0.29) is 35.6 Å². The second-order valence-corrected chi connectivity index (χ2v) is 8.52. The lowest BCUT2D eigenvalue weighted by Crippen LogP contribution is -2.31. The quantitative estimate of drug-likeness (QED) is 0.438. The summed E-state index contributed by atoms with van der Waals surface area (Å²) in [6.45, 7) is 3.89. The monoisotopic (exact) mass is 439 g/mol. The standard InChI is InChI=1S/C23H22FN3O3S/c1-13(2)30-16-9-7-14(8-10-16)17-11-19(28)25-21-20(17)22(29)27-23(26-21)31-12-15-5-3-4-6-18(15)24/h3-10,13,17H,11-12H2,1-2H3,(H2,25,26,27,28,29). The normalized spacial score (nSPS) is 15.5. The smallest absolute Gasteiger partial charge is 0.257 e. The van der Waals surface area contributed by atoms with Gasteiger partial charge in [-0.1, -0.05) is 42.1 Å². The first-order chi connectivity index (χ1) is 14.9. The Morgan fingerprint density at radius 3 is 2.61 bits per heavy atom. The summed E-state index contributed by atoms with van der Waals surface area (Å²) in [6, 6.07) is 13.9. The van der Waals surface area contributed by atoms with E-state index in [0.717, 1.165) is 11.3 Å². The lowest BCUT2D eigenvalue weighted by Gasteiger charge is -2.24. The van der Waals surface area contributed by atoms with E-state index in [1.54, 1.807) is 18.2 Å².